The molecule has 1 aromatic heterocycles. The van der Waals surface area contributed by atoms with Crippen LogP contribution >= 0.6 is 15.9 Å². The second kappa shape index (κ2) is 11.9. The lowest BCUT2D eigenvalue weighted by Gasteiger charge is -2.08. The molecule has 0 fully saturated rings. The highest BCUT2D eigenvalue weighted by molar-refractivity contribution is 9.10. The molecule has 3 aromatic rings. The van der Waals surface area contributed by atoms with Gasteiger partial charge in [-0.25, -0.2) is 15.0 Å². The average Bonchev–Trinajstić information content (AvgIpc) is 2.73. The van der Waals surface area contributed by atoms with Crippen molar-refractivity contribution in [2.24, 2.45) is 0 Å². The van der Waals surface area contributed by atoms with E-state index in [4.69, 9.17) is 15.0 Å². The molecule has 0 spiro atoms. The molecule has 29 heavy (non-hydrogen) atoms. The Hall–Kier alpha value is -2.77. The number of hydrogen-bond donors (Lipinski definition) is 0. The van der Waals surface area contributed by atoms with Crippen LogP contribution in [0, 0.1) is 12.3 Å². The van der Waals surface area contributed by atoms with E-state index in [0.29, 0.717) is 6.42 Å². The highest BCUT2D eigenvalue weighted by atomic mass is 79.9. The standard InChI is InChI=1S/C22H22BrN3.C3H4/c1-3-4-8-16(2)21-24-20(15-17-9-6-5-7-10-17)25-22(26-21)18-11-13-19(23)14-12-18;1-3-2/h5-14H,3-4,15H2,1-2H3;1H,2H3/b16-8+;. The van der Waals surface area contributed by atoms with Gasteiger partial charge in [-0.1, -0.05) is 77.8 Å². The number of nitrogens with zero attached hydrogens (tertiary/aromatic N) is 3. The molecule has 0 aliphatic carbocycles. The second-order valence-corrected chi connectivity index (χ2v) is 7.45. The molecule has 0 saturated heterocycles. The van der Waals surface area contributed by atoms with Crippen LogP contribution in [0.3, 0.4) is 0 Å². The number of rotatable bonds is 6. The summed E-state index contributed by atoms with van der Waals surface area (Å²) in [6.45, 7) is 5.90. The van der Waals surface area contributed by atoms with Gasteiger partial charge in [-0.3, -0.25) is 0 Å². The molecule has 0 aliphatic rings. The molecule has 1 heterocycles. The van der Waals surface area contributed by atoms with Gasteiger partial charge in [-0.2, -0.15) is 0 Å². The summed E-state index contributed by atoms with van der Waals surface area (Å²) >= 11 is 3.48. The lowest BCUT2D eigenvalue weighted by atomic mass is 10.1. The summed E-state index contributed by atoms with van der Waals surface area (Å²) < 4.78 is 1.04. The van der Waals surface area contributed by atoms with Crippen LogP contribution in [-0.2, 0) is 6.42 Å². The molecule has 0 atom stereocenters. The topological polar surface area (TPSA) is 38.7 Å². The quantitative estimate of drug-likeness (QED) is 0.392. The molecule has 4 heteroatoms. The van der Waals surface area contributed by atoms with Crippen LogP contribution < -0.4 is 0 Å². The van der Waals surface area contributed by atoms with Gasteiger partial charge in [0.25, 0.3) is 0 Å². The Balaban J connectivity index is 0.000000941. The van der Waals surface area contributed by atoms with Crippen LogP contribution in [0.25, 0.3) is 17.0 Å². The summed E-state index contributed by atoms with van der Waals surface area (Å²) in [7, 11) is 0. The van der Waals surface area contributed by atoms with E-state index in [1.165, 1.54) is 5.56 Å². The first-order valence-corrected chi connectivity index (χ1v) is 10.5. The van der Waals surface area contributed by atoms with Crippen LogP contribution in [0.1, 0.15) is 50.8 Å². The number of benzene rings is 2. The molecule has 3 rings (SSSR count). The van der Waals surface area contributed by atoms with Crippen molar-refractivity contribution < 1.29 is 0 Å². The van der Waals surface area contributed by atoms with E-state index < -0.39 is 0 Å². The Morgan fingerprint density at radius 2 is 1.69 bits per heavy atom. The number of terminal acetylenes is 1. The number of halogens is 1. The zero-order chi connectivity index (χ0) is 21.1. The van der Waals surface area contributed by atoms with E-state index in [1.807, 2.05) is 42.5 Å². The summed E-state index contributed by atoms with van der Waals surface area (Å²) in [4.78, 5) is 14.2. The van der Waals surface area contributed by atoms with Crippen molar-refractivity contribution >= 4 is 21.5 Å². The van der Waals surface area contributed by atoms with Crippen LogP contribution in [0.5, 0.6) is 0 Å². The van der Waals surface area contributed by atoms with E-state index >= 15 is 0 Å². The highest BCUT2D eigenvalue weighted by Gasteiger charge is 2.10. The van der Waals surface area contributed by atoms with Gasteiger partial charge in [0.1, 0.15) is 5.82 Å². The van der Waals surface area contributed by atoms with E-state index in [0.717, 1.165) is 45.9 Å². The SMILES string of the molecule is C#CC.CCC/C=C(\C)c1nc(Cc2ccccc2)nc(-c2ccc(Br)cc2)n1. The number of unbranched alkanes of at least 4 members (excludes halogenated alkanes) is 1. The molecule has 2 aromatic carbocycles. The van der Waals surface area contributed by atoms with Crippen molar-refractivity contribution in [2.45, 2.75) is 40.0 Å². The van der Waals surface area contributed by atoms with Gasteiger partial charge < -0.3 is 0 Å². The summed E-state index contributed by atoms with van der Waals surface area (Å²) in [6.07, 6.45) is 9.63. The first-order chi connectivity index (χ1) is 14.1. The van der Waals surface area contributed by atoms with Gasteiger partial charge >= 0.3 is 0 Å². The lowest BCUT2D eigenvalue weighted by Crippen LogP contribution is -2.05. The van der Waals surface area contributed by atoms with Gasteiger partial charge in [0.05, 0.1) is 0 Å². The Bertz CT molecular complexity index is 971. The second-order valence-electron chi connectivity index (χ2n) is 6.53. The molecule has 148 valence electrons. The van der Waals surface area contributed by atoms with Crippen molar-refractivity contribution in [1.82, 2.24) is 15.0 Å². The predicted molar refractivity (Wildman–Crippen MR) is 125 cm³/mol. The molecule has 0 amide bonds. The van der Waals surface area contributed by atoms with E-state index in [-0.39, 0.29) is 0 Å². The van der Waals surface area contributed by atoms with Crippen molar-refractivity contribution in [3.05, 3.63) is 82.4 Å². The Kier molecular flexibility index (Phi) is 9.27. The molecular formula is C25H26BrN3. The Morgan fingerprint density at radius 3 is 2.31 bits per heavy atom. The third-order valence-corrected chi connectivity index (χ3v) is 4.61. The first-order valence-electron chi connectivity index (χ1n) is 9.66. The molecule has 0 N–H and O–H groups in total. The number of hydrogen-bond acceptors (Lipinski definition) is 3. The average molecular weight is 448 g/mol. The minimum atomic E-state index is 0.695. The normalized spacial score (nSPS) is 10.7. The number of allylic oxidation sites excluding steroid dienone is 2. The molecule has 0 unspecified atom stereocenters. The maximum Gasteiger partial charge on any atom is 0.163 e. The Labute approximate surface area is 182 Å². The highest BCUT2D eigenvalue weighted by Crippen LogP contribution is 2.21. The Morgan fingerprint density at radius 1 is 1.03 bits per heavy atom. The molecule has 0 aliphatic heterocycles. The first kappa shape index (κ1) is 22.5. The maximum atomic E-state index is 4.73. The predicted octanol–water partition coefficient (Wildman–Crippen LogP) is 6.73. The van der Waals surface area contributed by atoms with Crippen LogP contribution in [0.15, 0.2) is 65.1 Å². The fourth-order valence-corrected chi connectivity index (χ4v) is 2.90. The molecule has 3 nitrogen and oxygen atoms in total. The maximum absolute atomic E-state index is 4.73. The van der Waals surface area contributed by atoms with Gasteiger partial charge in [-0.15, -0.1) is 12.3 Å². The van der Waals surface area contributed by atoms with Gasteiger partial charge in [-0.05, 0) is 43.5 Å². The summed E-state index contributed by atoms with van der Waals surface area (Å²) in [6, 6.07) is 18.4. The van der Waals surface area contributed by atoms with Crippen LogP contribution in [-0.4, -0.2) is 15.0 Å². The van der Waals surface area contributed by atoms with E-state index in [9.17, 15) is 0 Å². The molecule has 0 saturated carbocycles. The van der Waals surface area contributed by atoms with E-state index in [1.54, 1.807) is 6.92 Å². The summed E-state index contributed by atoms with van der Waals surface area (Å²) in [5.41, 5.74) is 3.29. The van der Waals surface area contributed by atoms with Gasteiger partial charge in [0.15, 0.2) is 11.6 Å². The zero-order valence-electron chi connectivity index (χ0n) is 17.2. The van der Waals surface area contributed by atoms with Crippen molar-refractivity contribution in [3.8, 4) is 23.7 Å². The monoisotopic (exact) mass is 447 g/mol. The van der Waals surface area contributed by atoms with Crippen molar-refractivity contribution in [3.63, 3.8) is 0 Å². The molecular weight excluding hydrogens is 422 g/mol. The molecule has 0 radical (unpaired) electrons. The van der Waals surface area contributed by atoms with Crippen LogP contribution in [0.4, 0.5) is 0 Å². The third kappa shape index (κ3) is 7.29. The molecule has 0 bridgehead atoms. The fraction of sp³-hybridized carbons (Fsp3) is 0.240. The summed E-state index contributed by atoms with van der Waals surface area (Å²) in [5.74, 6) is 4.53. The number of aromatic nitrogens is 3. The minimum Gasteiger partial charge on any atom is -0.213 e. The smallest absolute Gasteiger partial charge is 0.163 e. The van der Waals surface area contributed by atoms with Crippen LogP contribution in [0.2, 0.25) is 0 Å². The van der Waals surface area contributed by atoms with Crippen molar-refractivity contribution in [1.29, 1.82) is 0 Å². The summed E-state index contributed by atoms with van der Waals surface area (Å²) in [5, 5.41) is 0. The van der Waals surface area contributed by atoms with E-state index in [2.05, 4.69) is 60.3 Å². The largest absolute Gasteiger partial charge is 0.213 e. The minimum absolute atomic E-state index is 0.695. The lowest BCUT2D eigenvalue weighted by molar-refractivity contribution is 0.903. The third-order valence-electron chi connectivity index (χ3n) is 4.08. The zero-order valence-corrected chi connectivity index (χ0v) is 18.8. The van der Waals surface area contributed by atoms with Gasteiger partial charge in [0.2, 0.25) is 0 Å². The fourth-order valence-electron chi connectivity index (χ4n) is 2.63. The van der Waals surface area contributed by atoms with Crippen molar-refractivity contribution in [2.75, 3.05) is 0 Å². The van der Waals surface area contributed by atoms with Gasteiger partial charge in [0, 0.05) is 16.5 Å².